The lowest BCUT2D eigenvalue weighted by atomic mass is 10.1. The van der Waals surface area contributed by atoms with Crippen LogP contribution in [0.1, 0.15) is 12.0 Å². The van der Waals surface area contributed by atoms with Crippen LogP contribution < -0.4 is 10.6 Å². The maximum atomic E-state index is 13.5. The summed E-state index contributed by atoms with van der Waals surface area (Å²) in [4.78, 5) is 4.08. The lowest BCUT2D eigenvalue weighted by Crippen LogP contribution is -2.39. The Morgan fingerprint density at radius 1 is 1.17 bits per heavy atom. The summed E-state index contributed by atoms with van der Waals surface area (Å²) in [6.07, 6.45) is 4.81. The number of hydrogen-bond acceptors (Lipinski definition) is 2. The SMILES string of the molecule is CN=C(NCCCn1cccn1)NCCc1c(F)cccc1F. The molecular formula is C16H21F2N5. The number of aliphatic imine (C=N–C) groups is 1. The van der Waals surface area contributed by atoms with Gasteiger partial charge in [0.1, 0.15) is 11.6 Å². The first-order valence-electron chi connectivity index (χ1n) is 7.55. The van der Waals surface area contributed by atoms with E-state index in [1.807, 2.05) is 16.9 Å². The van der Waals surface area contributed by atoms with Crippen molar-refractivity contribution < 1.29 is 8.78 Å². The largest absolute Gasteiger partial charge is 0.356 e. The smallest absolute Gasteiger partial charge is 0.190 e. The summed E-state index contributed by atoms with van der Waals surface area (Å²) in [5, 5.41) is 10.3. The van der Waals surface area contributed by atoms with Gasteiger partial charge >= 0.3 is 0 Å². The fourth-order valence-electron chi connectivity index (χ4n) is 2.18. The summed E-state index contributed by atoms with van der Waals surface area (Å²) >= 11 is 0. The molecule has 0 aliphatic heterocycles. The van der Waals surface area contributed by atoms with Crippen LogP contribution in [0.3, 0.4) is 0 Å². The highest BCUT2D eigenvalue weighted by atomic mass is 19.1. The summed E-state index contributed by atoms with van der Waals surface area (Å²) in [5.41, 5.74) is 0.0918. The van der Waals surface area contributed by atoms with Gasteiger partial charge in [-0.1, -0.05) is 6.07 Å². The highest BCUT2D eigenvalue weighted by Gasteiger charge is 2.08. The van der Waals surface area contributed by atoms with Gasteiger partial charge in [-0.3, -0.25) is 9.67 Å². The highest BCUT2D eigenvalue weighted by Crippen LogP contribution is 2.11. The van der Waals surface area contributed by atoms with Gasteiger partial charge in [0, 0.05) is 44.6 Å². The molecule has 0 unspecified atom stereocenters. The number of rotatable bonds is 7. The topological polar surface area (TPSA) is 54.2 Å². The molecule has 0 atom stereocenters. The Balaban J connectivity index is 1.68. The van der Waals surface area contributed by atoms with Crippen LogP contribution in [0.5, 0.6) is 0 Å². The maximum absolute atomic E-state index is 13.5. The van der Waals surface area contributed by atoms with Gasteiger partial charge in [-0.25, -0.2) is 8.78 Å². The van der Waals surface area contributed by atoms with Crippen molar-refractivity contribution >= 4 is 5.96 Å². The summed E-state index contributed by atoms with van der Waals surface area (Å²) in [7, 11) is 1.66. The van der Waals surface area contributed by atoms with Crippen molar-refractivity contribution in [3.05, 3.63) is 53.9 Å². The summed E-state index contributed by atoms with van der Waals surface area (Å²) in [5.74, 6) is -0.426. The van der Waals surface area contributed by atoms with Crippen LogP contribution in [0.4, 0.5) is 8.78 Å². The van der Waals surface area contributed by atoms with E-state index in [2.05, 4.69) is 20.7 Å². The van der Waals surface area contributed by atoms with Crippen molar-refractivity contribution in [1.82, 2.24) is 20.4 Å². The first-order chi connectivity index (χ1) is 11.2. The van der Waals surface area contributed by atoms with Crippen molar-refractivity contribution in [1.29, 1.82) is 0 Å². The van der Waals surface area contributed by atoms with Gasteiger partial charge in [0.05, 0.1) is 0 Å². The second kappa shape index (κ2) is 8.87. The average Bonchev–Trinajstić information content (AvgIpc) is 3.05. The van der Waals surface area contributed by atoms with Crippen LogP contribution in [-0.2, 0) is 13.0 Å². The Morgan fingerprint density at radius 3 is 2.57 bits per heavy atom. The molecule has 2 N–H and O–H groups in total. The molecule has 7 heteroatoms. The van der Waals surface area contributed by atoms with E-state index in [4.69, 9.17) is 0 Å². The summed E-state index contributed by atoms with van der Waals surface area (Å²) < 4.78 is 28.9. The molecule has 1 aromatic carbocycles. The number of halogens is 2. The minimum atomic E-state index is -0.519. The van der Waals surface area contributed by atoms with Gasteiger partial charge < -0.3 is 10.6 Å². The Morgan fingerprint density at radius 2 is 1.91 bits per heavy atom. The van der Waals surface area contributed by atoms with Gasteiger partial charge in [-0.05, 0) is 31.0 Å². The zero-order chi connectivity index (χ0) is 16.5. The number of guanidine groups is 1. The zero-order valence-corrected chi connectivity index (χ0v) is 13.1. The number of hydrogen-bond donors (Lipinski definition) is 2. The van der Waals surface area contributed by atoms with Crippen LogP contribution in [0, 0.1) is 11.6 Å². The van der Waals surface area contributed by atoms with E-state index in [1.165, 1.54) is 18.2 Å². The minimum Gasteiger partial charge on any atom is -0.356 e. The number of benzene rings is 1. The van der Waals surface area contributed by atoms with Crippen molar-refractivity contribution in [3.8, 4) is 0 Å². The molecule has 0 spiro atoms. The van der Waals surface area contributed by atoms with Gasteiger partial charge in [-0.2, -0.15) is 5.10 Å². The Kier molecular flexibility index (Phi) is 6.53. The van der Waals surface area contributed by atoms with Crippen LogP contribution in [-0.4, -0.2) is 35.9 Å². The molecule has 124 valence electrons. The number of nitrogens with zero attached hydrogens (tertiary/aromatic N) is 3. The molecule has 0 fully saturated rings. The molecule has 1 aromatic heterocycles. The zero-order valence-electron chi connectivity index (χ0n) is 13.1. The molecule has 1 heterocycles. The molecule has 0 aliphatic carbocycles. The molecule has 0 amide bonds. The molecule has 0 radical (unpaired) electrons. The second-order valence-corrected chi connectivity index (χ2v) is 5.00. The van der Waals surface area contributed by atoms with Crippen LogP contribution in [0.25, 0.3) is 0 Å². The average molecular weight is 321 g/mol. The van der Waals surface area contributed by atoms with Gasteiger partial charge in [-0.15, -0.1) is 0 Å². The normalized spacial score (nSPS) is 11.5. The van der Waals surface area contributed by atoms with E-state index in [-0.39, 0.29) is 12.0 Å². The van der Waals surface area contributed by atoms with Gasteiger partial charge in [0.25, 0.3) is 0 Å². The predicted octanol–water partition coefficient (Wildman–Crippen LogP) is 1.96. The molecule has 5 nitrogen and oxygen atoms in total. The highest BCUT2D eigenvalue weighted by molar-refractivity contribution is 5.79. The van der Waals surface area contributed by atoms with Crippen LogP contribution >= 0.6 is 0 Å². The molecule has 2 aromatic rings. The van der Waals surface area contributed by atoms with E-state index < -0.39 is 11.6 Å². The third kappa shape index (κ3) is 5.36. The second-order valence-electron chi connectivity index (χ2n) is 5.00. The van der Waals surface area contributed by atoms with Gasteiger partial charge in [0.15, 0.2) is 5.96 Å². The molecular weight excluding hydrogens is 300 g/mol. The van der Waals surface area contributed by atoms with Crippen molar-refractivity contribution in [2.24, 2.45) is 4.99 Å². The fraction of sp³-hybridized carbons (Fsp3) is 0.375. The molecule has 23 heavy (non-hydrogen) atoms. The lowest BCUT2D eigenvalue weighted by molar-refractivity contribution is 0.551. The van der Waals surface area contributed by atoms with E-state index >= 15 is 0 Å². The summed E-state index contributed by atoms with van der Waals surface area (Å²) in [6, 6.07) is 5.78. The van der Waals surface area contributed by atoms with Crippen molar-refractivity contribution in [2.45, 2.75) is 19.4 Å². The van der Waals surface area contributed by atoms with E-state index in [0.29, 0.717) is 12.5 Å². The molecule has 2 rings (SSSR count). The van der Waals surface area contributed by atoms with Gasteiger partial charge in [0.2, 0.25) is 0 Å². The van der Waals surface area contributed by atoms with Crippen molar-refractivity contribution in [2.75, 3.05) is 20.1 Å². The minimum absolute atomic E-state index is 0.0918. The molecule has 0 bridgehead atoms. The number of aromatic nitrogens is 2. The first kappa shape index (κ1) is 16.9. The van der Waals surface area contributed by atoms with E-state index in [9.17, 15) is 8.78 Å². The standard InChI is InChI=1S/C16H21F2N5/c1-19-16(20-8-3-11-23-12-4-9-22-23)21-10-7-13-14(17)5-2-6-15(13)18/h2,4-6,9,12H,3,7-8,10-11H2,1H3,(H2,19,20,21). The van der Waals surface area contributed by atoms with E-state index in [1.54, 1.807) is 13.2 Å². The number of nitrogens with one attached hydrogen (secondary N) is 2. The monoisotopic (exact) mass is 321 g/mol. The van der Waals surface area contributed by atoms with Crippen LogP contribution in [0.2, 0.25) is 0 Å². The third-order valence-corrected chi connectivity index (χ3v) is 3.37. The number of aryl methyl sites for hydroxylation is 1. The van der Waals surface area contributed by atoms with Crippen LogP contribution in [0.15, 0.2) is 41.7 Å². The van der Waals surface area contributed by atoms with Crippen molar-refractivity contribution in [3.63, 3.8) is 0 Å². The van der Waals surface area contributed by atoms with E-state index in [0.717, 1.165) is 19.5 Å². The molecule has 0 saturated heterocycles. The Labute approximate surface area is 134 Å². The molecule has 0 saturated carbocycles. The Hall–Kier alpha value is -2.44. The maximum Gasteiger partial charge on any atom is 0.190 e. The Bertz CT molecular complexity index is 605. The fourth-order valence-corrected chi connectivity index (χ4v) is 2.18. The molecule has 0 aliphatic rings. The quantitative estimate of drug-likeness (QED) is 0.466. The third-order valence-electron chi connectivity index (χ3n) is 3.37. The predicted molar refractivity (Wildman–Crippen MR) is 86.3 cm³/mol. The first-order valence-corrected chi connectivity index (χ1v) is 7.55. The lowest BCUT2D eigenvalue weighted by Gasteiger charge is -2.12. The summed E-state index contributed by atoms with van der Waals surface area (Å²) in [6.45, 7) is 1.95.